The zero-order chi connectivity index (χ0) is 17.3. The van der Waals surface area contributed by atoms with E-state index in [9.17, 15) is 4.79 Å². The number of hydrogen-bond acceptors (Lipinski definition) is 5. The van der Waals surface area contributed by atoms with Crippen molar-refractivity contribution in [2.45, 2.75) is 31.9 Å². The molecule has 5 heteroatoms. The van der Waals surface area contributed by atoms with Crippen molar-refractivity contribution in [1.29, 1.82) is 0 Å². The third-order valence-corrected chi connectivity index (χ3v) is 5.22. The lowest BCUT2D eigenvalue weighted by atomic mass is 10.2. The number of thiophene rings is 1. The molecule has 2 heterocycles. The van der Waals surface area contributed by atoms with Crippen molar-refractivity contribution in [2.24, 2.45) is 0 Å². The van der Waals surface area contributed by atoms with Crippen LogP contribution in [0.15, 0.2) is 47.8 Å². The molecule has 1 aromatic carbocycles. The summed E-state index contributed by atoms with van der Waals surface area (Å²) in [5.74, 6) is -0.125. The molecule has 25 heavy (non-hydrogen) atoms. The van der Waals surface area contributed by atoms with E-state index in [0.29, 0.717) is 19.6 Å². The van der Waals surface area contributed by atoms with Crippen LogP contribution < -0.4 is 0 Å². The SMILES string of the molecule is O=C(CCCc1cccs1)OCC1CN(Cc2ccccc2)CCO1. The maximum Gasteiger partial charge on any atom is 0.305 e. The number of nitrogens with zero attached hydrogens (tertiary/aromatic N) is 1. The van der Waals surface area contributed by atoms with E-state index in [1.165, 1.54) is 10.4 Å². The summed E-state index contributed by atoms with van der Waals surface area (Å²) in [6, 6.07) is 14.6. The molecular weight excluding hydrogens is 334 g/mol. The highest BCUT2D eigenvalue weighted by atomic mass is 32.1. The summed E-state index contributed by atoms with van der Waals surface area (Å²) in [6.07, 6.45) is 2.22. The number of aryl methyl sites for hydroxylation is 1. The molecule has 0 saturated carbocycles. The maximum atomic E-state index is 11.9. The van der Waals surface area contributed by atoms with Gasteiger partial charge in [0.25, 0.3) is 0 Å². The van der Waals surface area contributed by atoms with Crippen molar-refractivity contribution < 1.29 is 14.3 Å². The second-order valence-corrected chi connectivity index (χ2v) is 7.36. The van der Waals surface area contributed by atoms with Crippen LogP contribution in [-0.4, -0.2) is 43.3 Å². The number of ether oxygens (including phenoxy) is 2. The molecule has 0 spiro atoms. The van der Waals surface area contributed by atoms with Crippen LogP contribution in [0.3, 0.4) is 0 Å². The molecule has 0 N–H and O–H groups in total. The lowest BCUT2D eigenvalue weighted by molar-refractivity contribution is -0.150. The standard InChI is InChI=1S/C20H25NO3S/c22-20(10-4-8-19-9-5-13-25-19)24-16-18-15-21(11-12-23-18)14-17-6-2-1-3-7-17/h1-3,5-7,9,13,18H,4,8,10-12,14-16H2. The van der Waals surface area contributed by atoms with E-state index >= 15 is 0 Å². The molecule has 0 aliphatic carbocycles. The van der Waals surface area contributed by atoms with Gasteiger partial charge in [-0.3, -0.25) is 9.69 Å². The summed E-state index contributed by atoms with van der Waals surface area (Å²) in [4.78, 5) is 15.6. The van der Waals surface area contributed by atoms with Gasteiger partial charge in [0.15, 0.2) is 0 Å². The van der Waals surface area contributed by atoms with Crippen molar-refractivity contribution in [3.8, 4) is 0 Å². The average Bonchev–Trinajstić information content (AvgIpc) is 3.15. The van der Waals surface area contributed by atoms with E-state index in [1.807, 2.05) is 12.1 Å². The van der Waals surface area contributed by atoms with Crippen molar-refractivity contribution in [2.75, 3.05) is 26.3 Å². The zero-order valence-electron chi connectivity index (χ0n) is 14.4. The number of rotatable bonds is 8. The van der Waals surface area contributed by atoms with Crippen LogP contribution in [0.1, 0.15) is 23.3 Å². The molecule has 1 aromatic heterocycles. The van der Waals surface area contributed by atoms with Crippen LogP contribution >= 0.6 is 11.3 Å². The minimum absolute atomic E-state index is 0.0290. The Kier molecular flexibility index (Phi) is 7.03. The molecule has 1 atom stereocenters. The molecule has 1 unspecified atom stereocenters. The summed E-state index contributed by atoms with van der Waals surface area (Å²) in [7, 11) is 0. The van der Waals surface area contributed by atoms with Gasteiger partial charge in [-0.05, 0) is 29.9 Å². The first-order valence-electron chi connectivity index (χ1n) is 8.85. The molecule has 2 aromatic rings. The Bertz CT molecular complexity index is 630. The topological polar surface area (TPSA) is 38.8 Å². The third kappa shape index (κ3) is 6.27. The lowest BCUT2D eigenvalue weighted by Crippen LogP contribution is -2.44. The Morgan fingerprint density at radius 3 is 2.92 bits per heavy atom. The smallest absolute Gasteiger partial charge is 0.305 e. The zero-order valence-corrected chi connectivity index (χ0v) is 15.2. The fourth-order valence-electron chi connectivity index (χ4n) is 2.99. The fourth-order valence-corrected chi connectivity index (χ4v) is 3.74. The normalized spacial score (nSPS) is 18.2. The first kappa shape index (κ1) is 18.1. The van der Waals surface area contributed by atoms with Gasteiger partial charge in [0, 0.05) is 30.9 Å². The second kappa shape index (κ2) is 9.70. The van der Waals surface area contributed by atoms with Gasteiger partial charge >= 0.3 is 5.97 Å². The Hall–Kier alpha value is -1.69. The van der Waals surface area contributed by atoms with Gasteiger partial charge in [-0.2, -0.15) is 0 Å². The van der Waals surface area contributed by atoms with Crippen molar-refractivity contribution in [3.63, 3.8) is 0 Å². The van der Waals surface area contributed by atoms with Gasteiger partial charge in [0.2, 0.25) is 0 Å². The Labute approximate surface area is 153 Å². The monoisotopic (exact) mass is 359 g/mol. The Morgan fingerprint density at radius 2 is 2.12 bits per heavy atom. The molecule has 1 saturated heterocycles. The fraction of sp³-hybridized carbons (Fsp3) is 0.450. The first-order chi connectivity index (χ1) is 12.3. The largest absolute Gasteiger partial charge is 0.463 e. The molecule has 0 amide bonds. The number of carbonyl (C=O) groups is 1. The van der Waals surface area contributed by atoms with Gasteiger partial charge in [-0.25, -0.2) is 0 Å². The third-order valence-electron chi connectivity index (χ3n) is 4.29. The highest BCUT2D eigenvalue weighted by Gasteiger charge is 2.21. The molecule has 134 valence electrons. The summed E-state index contributed by atoms with van der Waals surface area (Å²) < 4.78 is 11.2. The van der Waals surface area contributed by atoms with Gasteiger partial charge in [-0.15, -0.1) is 11.3 Å². The molecule has 3 rings (SSSR count). The minimum Gasteiger partial charge on any atom is -0.463 e. The van der Waals surface area contributed by atoms with Crippen LogP contribution in [0, 0.1) is 0 Å². The van der Waals surface area contributed by atoms with E-state index in [4.69, 9.17) is 9.47 Å². The summed E-state index contributed by atoms with van der Waals surface area (Å²) >= 11 is 1.73. The predicted octanol–water partition coefficient (Wildman–Crippen LogP) is 3.52. The molecule has 0 bridgehead atoms. The van der Waals surface area contributed by atoms with Crippen molar-refractivity contribution in [1.82, 2.24) is 4.90 Å². The Balaban J connectivity index is 1.34. The number of morpholine rings is 1. The van der Waals surface area contributed by atoms with E-state index < -0.39 is 0 Å². The van der Waals surface area contributed by atoms with Gasteiger partial charge in [0.05, 0.1) is 6.61 Å². The molecule has 0 radical (unpaired) electrons. The van der Waals surface area contributed by atoms with Crippen LogP contribution in [0.5, 0.6) is 0 Å². The number of benzene rings is 1. The highest BCUT2D eigenvalue weighted by molar-refractivity contribution is 7.09. The number of esters is 1. The second-order valence-electron chi connectivity index (χ2n) is 6.33. The Morgan fingerprint density at radius 1 is 1.24 bits per heavy atom. The van der Waals surface area contributed by atoms with Crippen molar-refractivity contribution in [3.05, 3.63) is 58.3 Å². The minimum atomic E-state index is -0.125. The van der Waals surface area contributed by atoms with Crippen LogP contribution in [0.25, 0.3) is 0 Å². The average molecular weight is 359 g/mol. The molecular formula is C20H25NO3S. The van der Waals surface area contributed by atoms with E-state index in [0.717, 1.165) is 32.5 Å². The van der Waals surface area contributed by atoms with Crippen LogP contribution in [0.2, 0.25) is 0 Å². The maximum absolute atomic E-state index is 11.9. The summed E-state index contributed by atoms with van der Waals surface area (Å²) in [5.41, 5.74) is 1.30. The molecule has 1 aliphatic heterocycles. The molecule has 1 aliphatic rings. The van der Waals surface area contributed by atoms with E-state index in [1.54, 1.807) is 11.3 Å². The summed E-state index contributed by atoms with van der Waals surface area (Å²) in [5, 5.41) is 2.06. The van der Waals surface area contributed by atoms with E-state index in [-0.39, 0.29) is 12.1 Å². The van der Waals surface area contributed by atoms with Crippen molar-refractivity contribution >= 4 is 17.3 Å². The van der Waals surface area contributed by atoms with Gasteiger partial charge < -0.3 is 9.47 Å². The number of hydrogen-bond donors (Lipinski definition) is 0. The first-order valence-corrected chi connectivity index (χ1v) is 9.73. The highest BCUT2D eigenvalue weighted by Crippen LogP contribution is 2.13. The number of carbonyl (C=O) groups excluding carboxylic acids is 1. The molecule has 4 nitrogen and oxygen atoms in total. The van der Waals surface area contributed by atoms with Crippen LogP contribution in [-0.2, 0) is 27.2 Å². The van der Waals surface area contributed by atoms with Crippen LogP contribution in [0.4, 0.5) is 0 Å². The van der Waals surface area contributed by atoms with Gasteiger partial charge in [-0.1, -0.05) is 36.4 Å². The lowest BCUT2D eigenvalue weighted by Gasteiger charge is -2.32. The quantitative estimate of drug-likeness (QED) is 0.676. The molecule has 1 fully saturated rings. The van der Waals surface area contributed by atoms with Gasteiger partial charge in [0.1, 0.15) is 12.7 Å². The van der Waals surface area contributed by atoms with E-state index in [2.05, 4.69) is 40.6 Å². The summed E-state index contributed by atoms with van der Waals surface area (Å²) in [6.45, 7) is 3.67. The predicted molar refractivity (Wildman–Crippen MR) is 99.7 cm³/mol.